The molecule has 0 saturated heterocycles. The van der Waals surface area contributed by atoms with E-state index in [1.165, 1.54) is 24.2 Å². The second kappa shape index (κ2) is 5.56. The van der Waals surface area contributed by atoms with Crippen LogP contribution in [-0.4, -0.2) is 20.0 Å². The van der Waals surface area contributed by atoms with Gasteiger partial charge < -0.3 is 5.11 Å². The molecule has 1 aromatic carbocycles. The summed E-state index contributed by atoms with van der Waals surface area (Å²) >= 11 is 1.19. The molecule has 0 bridgehead atoms. The van der Waals surface area contributed by atoms with Crippen LogP contribution < -0.4 is 0 Å². The van der Waals surface area contributed by atoms with Gasteiger partial charge in [-0.05, 0) is 17.7 Å². The molecular weight excluding hydrogens is 254 g/mol. The Labute approximate surface area is 107 Å². The monoisotopic (exact) mass is 263 g/mol. The average molecular weight is 263 g/mol. The second-order valence-corrected chi connectivity index (χ2v) is 4.43. The van der Waals surface area contributed by atoms with Crippen molar-refractivity contribution in [3.05, 3.63) is 52.5 Å². The first kappa shape index (κ1) is 12.5. The maximum atomic E-state index is 11.0. The smallest absolute Gasteiger partial charge is 0.283 e. The highest BCUT2D eigenvalue weighted by atomic mass is 32.2. The lowest BCUT2D eigenvalue weighted by atomic mass is 10.2. The van der Waals surface area contributed by atoms with Crippen molar-refractivity contribution in [1.29, 1.82) is 0 Å². The molecule has 0 aliphatic carbocycles. The average Bonchev–Trinajstić information content (AvgIpc) is 2.40. The minimum absolute atomic E-state index is 0.0369. The predicted octanol–water partition coefficient (Wildman–Crippen LogP) is 2.03. The molecule has 7 heteroatoms. The highest BCUT2D eigenvalue weighted by Gasteiger charge is 2.15. The van der Waals surface area contributed by atoms with Crippen LogP contribution in [-0.2, 0) is 6.61 Å². The first-order valence-electron chi connectivity index (χ1n) is 5.03. The summed E-state index contributed by atoms with van der Waals surface area (Å²) in [5, 5.41) is 20.6. The Hall–Kier alpha value is -1.99. The summed E-state index contributed by atoms with van der Waals surface area (Å²) in [6.45, 7) is -0.223. The maximum Gasteiger partial charge on any atom is 0.283 e. The number of nitro groups is 1. The van der Waals surface area contributed by atoms with Gasteiger partial charge in [0.1, 0.15) is 11.4 Å². The van der Waals surface area contributed by atoms with Gasteiger partial charge in [-0.2, -0.15) is 0 Å². The molecule has 0 fully saturated rings. The quantitative estimate of drug-likeness (QED) is 0.515. The first-order chi connectivity index (χ1) is 8.70. The van der Waals surface area contributed by atoms with Gasteiger partial charge in [0.2, 0.25) is 0 Å². The fourth-order valence-electron chi connectivity index (χ4n) is 1.34. The van der Waals surface area contributed by atoms with Gasteiger partial charge in [-0.15, -0.1) is 0 Å². The van der Waals surface area contributed by atoms with Crippen LogP contribution in [0.5, 0.6) is 0 Å². The molecule has 2 aromatic rings. The van der Waals surface area contributed by atoms with E-state index in [-0.39, 0.29) is 12.3 Å². The maximum absolute atomic E-state index is 11.0. The molecule has 1 aromatic heterocycles. The third-order valence-electron chi connectivity index (χ3n) is 2.17. The van der Waals surface area contributed by atoms with Crippen LogP contribution in [0.15, 0.2) is 46.7 Å². The molecule has 0 saturated carbocycles. The summed E-state index contributed by atoms with van der Waals surface area (Å²) < 4.78 is 0. The van der Waals surface area contributed by atoms with E-state index in [4.69, 9.17) is 5.11 Å². The zero-order valence-corrected chi connectivity index (χ0v) is 10.0. The number of benzene rings is 1. The minimum atomic E-state index is -0.470. The van der Waals surface area contributed by atoms with Gasteiger partial charge in [-0.25, -0.2) is 9.97 Å². The molecule has 0 aliphatic rings. The van der Waals surface area contributed by atoms with Crippen molar-refractivity contribution in [3.63, 3.8) is 0 Å². The van der Waals surface area contributed by atoms with Crippen molar-refractivity contribution < 1.29 is 10.0 Å². The molecule has 92 valence electrons. The zero-order chi connectivity index (χ0) is 13.0. The normalized spacial score (nSPS) is 10.3. The largest absolute Gasteiger partial charge is 0.392 e. The molecule has 0 atom stereocenters. The Balaban J connectivity index is 2.35. The summed E-state index contributed by atoms with van der Waals surface area (Å²) in [4.78, 5) is 18.7. The number of hydrogen-bond donors (Lipinski definition) is 1. The molecule has 1 N–H and O–H groups in total. The Bertz CT molecular complexity index is 563. The van der Waals surface area contributed by atoms with E-state index in [2.05, 4.69) is 9.97 Å². The predicted molar refractivity (Wildman–Crippen MR) is 65.2 cm³/mol. The number of aliphatic hydroxyl groups excluding tert-OH is 1. The summed E-state index contributed by atoms with van der Waals surface area (Å²) in [6, 6.07) is 6.30. The van der Waals surface area contributed by atoms with Crippen molar-refractivity contribution >= 4 is 17.4 Å². The van der Waals surface area contributed by atoms with Gasteiger partial charge in [0.15, 0.2) is 0 Å². The van der Waals surface area contributed by atoms with Crippen molar-refractivity contribution in [1.82, 2.24) is 9.97 Å². The standard InChI is InChI=1S/C11H9N3O3S/c15-6-8-1-2-10(9(5-8)14(16)17)18-11-3-4-12-7-13-11/h1-5,7,15H,6H2. The van der Waals surface area contributed by atoms with Crippen LogP contribution in [0.25, 0.3) is 0 Å². The van der Waals surface area contributed by atoms with E-state index in [9.17, 15) is 10.1 Å². The van der Waals surface area contributed by atoms with Gasteiger partial charge in [-0.1, -0.05) is 17.8 Å². The number of rotatable bonds is 4. The zero-order valence-electron chi connectivity index (χ0n) is 9.18. The topological polar surface area (TPSA) is 89.2 Å². The summed E-state index contributed by atoms with van der Waals surface area (Å²) in [5.41, 5.74) is 0.471. The van der Waals surface area contributed by atoms with E-state index in [0.717, 1.165) is 0 Å². The van der Waals surface area contributed by atoms with E-state index in [0.29, 0.717) is 15.5 Å². The number of aromatic nitrogens is 2. The molecule has 0 amide bonds. The molecule has 6 nitrogen and oxygen atoms in total. The summed E-state index contributed by atoms with van der Waals surface area (Å²) in [7, 11) is 0. The third kappa shape index (κ3) is 2.82. The lowest BCUT2D eigenvalue weighted by Gasteiger charge is -2.03. The van der Waals surface area contributed by atoms with Crippen molar-refractivity contribution in [2.24, 2.45) is 0 Å². The molecular formula is C11H9N3O3S. The fraction of sp³-hybridized carbons (Fsp3) is 0.0909. The van der Waals surface area contributed by atoms with E-state index in [1.54, 1.807) is 24.4 Å². The molecule has 0 unspecified atom stereocenters. The number of hydrogen-bond acceptors (Lipinski definition) is 6. The van der Waals surface area contributed by atoms with Crippen molar-refractivity contribution in [2.75, 3.05) is 0 Å². The van der Waals surface area contributed by atoms with E-state index >= 15 is 0 Å². The summed E-state index contributed by atoms with van der Waals surface area (Å²) in [6.07, 6.45) is 2.96. The van der Waals surface area contributed by atoms with Crippen molar-refractivity contribution in [3.8, 4) is 0 Å². The van der Waals surface area contributed by atoms with E-state index < -0.39 is 4.92 Å². The van der Waals surface area contributed by atoms with E-state index in [1.807, 2.05) is 0 Å². The Morgan fingerprint density at radius 3 is 2.83 bits per heavy atom. The molecule has 1 heterocycles. The lowest BCUT2D eigenvalue weighted by Crippen LogP contribution is -1.94. The van der Waals surface area contributed by atoms with Crippen molar-refractivity contribution in [2.45, 2.75) is 16.5 Å². The molecule has 18 heavy (non-hydrogen) atoms. The van der Waals surface area contributed by atoms with Gasteiger partial charge in [0, 0.05) is 12.3 Å². The van der Waals surface area contributed by atoms with Crippen LogP contribution in [0, 0.1) is 10.1 Å². The van der Waals surface area contributed by atoms with Gasteiger partial charge in [0.25, 0.3) is 5.69 Å². The third-order valence-corrected chi connectivity index (χ3v) is 3.19. The van der Waals surface area contributed by atoms with Gasteiger partial charge in [0.05, 0.1) is 16.4 Å². The van der Waals surface area contributed by atoms with Crippen LogP contribution in [0.2, 0.25) is 0 Å². The SMILES string of the molecule is O=[N+]([O-])c1cc(CO)ccc1Sc1ccncn1. The van der Waals surface area contributed by atoms with Crippen LogP contribution in [0.3, 0.4) is 0 Å². The van der Waals surface area contributed by atoms with Crippen LogP contribution in [0.1, 0.15) is 5.56 Å². The van der Waals surface area contributed by atoms with Gasteiger partial charge in [-0.3, -0.25) is 10.1 Å². The molecule has 0 radical (unpaired) electrons. The van der Waals surface area contributed by atoms with Crippen LogP contribution in [0.4, 0.5) is 5.69 Å². The molecule has 0 aliphatic heterocycles. The Morgan fingerprint density at radius 2 is 2.22 bits per heavy atom. The molecule has 2 rings (SSSR count). The molecule has 0 spiro atoms. The minimum Gasteiger partial charge on any atom is -0.392 e. The number of aliphatic hydroxyl groups is 1. The first-order valence-corrected chi connectivity index (χ1v) is 5.84. The van der Waals surface area contributed by atoms with Crippen LogP contribution >= 0.6 is 11.8 Å². The number of nitrogens with zero attached hydrogens (tertiary/aromatic N) is 3. The highest BCUT2D eigenvalue weighted by molar-refractivity contribution is 7.99. The van der Waals surface area contributed by atoms with Gasteiger partial charge >= 0.3 is 0 Å². The number of nitro benzene ring substituents is 1. The fourth-order valence-corrected chi connectivity index (χ4v) is 2.17. The Kier molecular flexibility index (Phi) is 3.85. The second-order valence-electron chi connectivity index (χ2n) is 3.37. The highest BCUT2D eigenvalue weighted by Crippen LogP contribution is 2.34. The lowest BCUT2D eigenvalue weighted by molar-refractivity contribution is -0.387. The Morgan fingerprint density at radius 1 is 1.39 bits per heavy atom. The summed E-state index contributed by atoms with van der Waals surface area (Å²) in [5.74, 6) is 0.